The number of amides is 1. The van der Waals surface area contributed by atoms with Crippen molar-refractivity contribution in [1.82, 2.24) is 15.1 Å². The van der Waals surface area contributed by atoms with Gasteiger partial charge < -0.3 is 14.6 Å². The Morgan fingerprint density at radius 2 is 2.08 bits per heavy atom. The number of hydrogen-bond donors (Lipinski definition) is 1. The van der Waals surface area contributed by atoms with Crippen molar-refractivity contribution in [2.45, 2.75) is 51.6 Å². The van der Waals surface area contributed by atoms with Crippen LogP contribution in [0.5, 0.6) is 0 Å². The van der Waals surface area contributed by atoms with Crippen molar-refractivity contribution in [3.8, 4) is 0 Å². The molecular formula is C19H31N3O2. The van der Waals surface area contributed by atoms with Crippen molar-refractivity contribution in [2.24, 2.45) is 5.92 Å². The molecule has 2 fully saturated rings. The average molecular weight is 333 g/mol. The van der Waals surface area contributed by atoms with Crippen LogP contribution in [-0.4, -0.2) is 55.0 Å². The van der Waals surface area contributed by atoms with Gasteiger partial charge in [-0.25, -0.2) is 0 Å². The summed E-state index contributed by atoms with van der Waals surface area (Å²) in [7, 11) is 1.97. The SMILES string of the molecule is CCN1CCC(NC(=O)CN(C)Cc2ccc([C@@H]3C[C@@H]3C)o2)CC1. The number of hydrogen-bond acceptors (Lipinski definition) is 4. The molecule has 0 radical (unpaired) electrons. The Bertz CT molecular complexity index is 549. The summed E-state index contributed by atoms with van der Waals surface area (Å²) in [5, 5.41) is 3.18. The van der Waals surface area contributed by atoms with Gasteiger partial charge in [-0.05, 0) is 50.9 Å². The van der Waals surface area contributed by atoms with Crippen molar-refractivity contribution < 1.29 is 9.21 Å². The van der Waals surface area contributed by atoms with Crippen molar-refractivity contribution >= 4 is 5.91 Å². The van der Waals surface area contributed by atoms with Gasteiger partial charge in [0.05, 0.1) is 13.1 Å². The number of furan rings is 1. The molecule has 2 atom stereocenters. The summed E-state index contributed by atoms with van der Waals surface area (Å²) >= 11 is 0. The van der Waals surface area contributed by atoms with Gasteiger partial charge in [-0.3, -0.25) is 9.69 Å². The van der Waals surface area contributed by atoms with E-state index in [1.807, 2.05) is 11.9 Å². The van der Waals surface area contributed by atoms with Crippen LogP contribution >= 0.6 is 0 Å². The second-order valence-electron chi connectivity index (χ2n) is 7.57. The molecule has 1 saturated heterocycles. The van der Waals surface area contributed by atoms with E-state index in [0.29, 0.717) is 25.0 Å². The van der Waals surface area contributed by atoms with Gasteiger partial charge in [-0.15, -0.1) is 0 Å². The average Bonchev–Trinajstić information content (AvgIpc) is 3.10. The number of likely N-dealkylation sites (N-methyl/N-ethyl adjacent to an activating group) is 1. The third kappa shape index (κ3) is 4.61. The lowest BCUT2D eigenvalue weighted by atomic mass is 10.1. The van der Waals surface area contributed by atoms with Crippen molar-refractivity contribution in [3.63, 3.8) is 0 Å². The molecule has 5 heteroatoms. The van der Waals surface area contributed by atoms with Crippen LogP contribution in [0, 0.1) is 5.92 Å². The highest BCUT2D eigenvalue weighted by Gasteiger charge is 2.36. The molecule has 0 unspecified atom stereocenters. The molecule has 2 aliphatic rings. The quantitative estimate of drug-likeness (QED) is 0.833. The molecule has 1 N–H and O–H groups in total. The number of carbonyl (C=O) groups excluding carboxylic acids is 1. The van der Waals surface area contributed by atoms with Crippen LogP contribution in [-0.2, 0) is 11.3 Å². The molecule has 1 saturated carbocycles. The largest absolute Gasteiger partial charge is 0.464 e. The molecule has 24 heavy (non-hydrogen) atoms. The molecule has 0 bridgehead atoms. The minimum atomic E-state index is 0.120. The van der Waals surface area contributed by atoms with Gasteiger partial charge in [0, 0.05) is 25.0 Å². The third-order valence-electron chi connectivity index (χ3n) is 5.40. The number of nitrogens with one attached hydrogen (secondary N) is 1. The maximum atomic E-state index is 12.2. The third-order valence-corrected chi connectivity index (χ3v) is 5.40. The zero-order chi connectivity index (χ0) is 17.1. The Morgan fingerprint density at radius 3 is 2.71 bits per heavy atom. The monoisotopic (exact) mass is 333 g/mol. The molecule has 1 aliphatic heterocycles. The molecule has 3 rings (SSSR count). The van der Waals surface area contributed by atoms with Crippen LogP contribution in [0.3, 0.4) is 0 Å². The zero-order valence-corrected chi connectivity index (χ0v) is 15.3. The second-order valence-corrected chi connectivity index (χ2v) is 7.57. The Labute approximate surface area is 145 Å². The Hall–Kier alpha value is -1.33. The van der Waals surface area contributed by atoms with E-state index < -0.39 is 0 Å². The van der Waals surface area contributed by atoms with Gasteiger partial charge in [0.25, 0.3) is 0 Å². The number of carbonyl (C=O) groups is 1. The minimum Gasteiger partial charge on any atom is -0.464 e. The van der Waals surface area contributed by atoms with Gasteiger partial charge in [0.2, 0.25) is 5.91 Å². The first kappa shape index (κ1) is 17.5. The molecule has 1 aromatic heterocycles. The molecule has 1 aliphatic carbocycles. The maximum Gasteiger partial charge on any atom is 0.234 e. The molecule has 5 nitrogen and oxygen atoms in total. The van der Waals surface area contributed by atoms with Gasteiger partial charge in [-0.1, -0.05) is 13.8 Å². The summed E-state index contributed by atoms with van der Waals surface area (Å²) in [6.45, 7) is 8.84. The van der Waals surface area contributed by atoms with E-state index in [0.717, 1.165) is 49.9 Å². The maximum absolute atomic E-state index is 12.2. The van der Waals surface area contributed by atoms with Crippen LogP contribution in [0.4, 0.5) is 0 Å². The number of piperidine rings is 1. The first-order valence-corrected chi connectivity index (χ1v) is 9.34. The van der Waals surface area contributed by atoms with Crippen molar-refractivity contribution in [3.05, 3.63) is 23.7 Å². The van der Waals surface area contributed by atoms with Gasteiger partial charge >= 0.3 is 0 Å². The van der Waals surface area contributed by atoms with E-state index in [9.17, 15) is 4.79 Å². The second kappa shape index (κ2) is 7.70. The molecule has 1 aromatic rings. The van der Waals surface area contributed by atoms with Crippen molar-refractivity contribution in [2.75, 3.05) is 33.2 Å². The summed E-state index contributed by atoms with van der Waals surface area (Å²) in [4.78, 5) is 16.7. The zero-order valence-electron chi connectivity index (χ0n) is 15.3. The van der Waals surface area contributed by atoms with Crippen LogP contribution in [0.1, 0.15) is 50.5 Å². The summed E-state index contributed by atoms with van der Waals surface area (Å²) < 4.78 is 5.93. The number of nitrogens with zero attached hydrogens (tertiary/aromatic N) is 2. The van der Waals surface area contributed by atoms with E-state index >= 15 is 0 Å². The van der Waals surface area contributed by atoms with E-state index in [-0.39, 0.29) is 5.91 Å². The normalized spacial score (nSPS) is 25.2. The molecular weight excluding hydrogens is 302 g/mol. The van der Waals surface area contributed by atoms with Crippen LogP contribution in [0.15, 0.2) is 16.5 Å². The van der Waals surface area contributed by atoms with Gasteiger partial charge in [0.1, 0.15) is 11.5 Å². The molecule has 2 heterocycles. The highest BCUT2D eigenvalue weighted by atomic mass is 16.3. The fourth-order valence-electron chi connectivity index (χ4n) is 3.63. The lowest BCUT2D eigenvalue weighted by molar-refractivity contribution is -0.123. The number of likely N-dealkylation sites (tertiary alicyclic amines) is 1. The number of rotatable bonds is 7. The fraction of sp³-hybridized carbons (Fsp3) is 0.737. The Morgan fingerprint density at radius 1 is 1.38 bits per heavy atom. The van der Waals surface area contributed by atoms with E-state index in [4.69, 9.17) is 4.42 Å². The topological polar surface area (TPSA) is 48.7 Å². The summed E-state index contributed by atoms with van der Waals surface area (Å²) in [6.07, 6.45) is 3.36. The van der Waals surface area contributed by atoms with E-state index in [2.05, 4.69) is 36.2 Å². The summed E-state index contributed by atoms with van der Waals surface area (Å²) in [6, 6.07) is 4.48. The molecule has 0 aromatic carbocycles. The lowest BCUT2D eigenvalue weighted by Crippen LogP contribution is -2.46. The molecule has 0 spiro atoms. The minimum absolute atomic E-state index is 0.120. The summed E-state index contributed by atoms with van der Waals surface area (Å²) in [5.41, 5.74) is 0. The molecule has 134 valence electrons. The Kier molecular flexibility index (Phi) is 5.61. The predicted octanol–water partition coefficient (Wildman–Crippen LogP) is 2.44. The molecule has 1 amide bonds. The van der Waals surface area contributed by atoms with E-state index in [1.54, 1.807) is 0 Å². The fourth-order valence-corrected chi connectivity index (χ4v) is 3.63. The summed E-state index contributed by atoms with van der Waals surface area (Å²) in [5.74, 6) is 3.55. The van der Waals surface area contributed by atoms with Gasteiger partial charge in [-0.2, -0.15) is 0 Å². The standard InChI is InChI=1S/C19H31N3O2/c1-4-22-9-7-15(8-10-22)20-19(23)13-21(3)12-16-5-6-18(24-16)17-11-14(17)2/h5-6,14-15,17H,4,7-13H2,1-3H3,(H,20,23)/t14-,17+/m0/s1. The van der Waals surface area contributed by atoms with Crippen LogP contribution in [0.25, 0.3) is 0 Å². The highest BCUT2D eigenvalue weighted by molar-refractivity contribution is 5.78. The first-order chi connectivity index (χ1) is 11.5. The van der Waals surface area contributed by atoms with E-state index in [1.165, 1.54) is 6.42 Å². The first-order valence-electron chi connectivity index (χ1n) is 9.34. The Balaban J connectivity index is 1.39. The van der Waals surface area contributed by atoms with Crippen LogP contribution in [0.2, 0.25) is 0 Å². The van der Waals surface area contributed by atoms with Crippen molar-refractivity contribution in [1.29, 1.82) is 0 Å². The smallest absolute Gasteiger partial charge is 0.234 e. The lowest BCUT2D eigenvalue weighted by Gasteiger charge is -2.31. The predicted molar refractivity (Wildman–Crippen MR) is 94.8 cm³/mol. The van der Waals surface area contributed by atoms with Crippen LogP contribution < -0.4 is 5.32 Å². The van der Waals surface area contributed by atoms with Gasteiger partial charge in [0.15, 0.2) is 0 Å². The highest BCUT2D eigenvalue weighted by Crippen LogP contribution is 2.47.